The molecule has 2 nitrogen and oxygen atoms in total. The Hall–Kier alpha value is -1.40. The lowest BCUT2D eigenvalue weighted by Gasteiger charge is -2.14. The highest BCUT2D eigenvalue weighted by atomic mass is 19.1. The highest BCUT2D eigenvalue weighted by molar-refractivity contribution is 5.15. The fraction of sp³-hybridized carbons (Fsp3) is 0.533. The monoisotopic (exact) mass is 248 g/mol. The fourth-order valence-corrected chi connectivity index (χ4v) is 1.71. The first-order valence-electron chi connectivity index (χ1n) is 6.40. The van der Waals surface area contributed by atoms with Crippen LogP contribution in [0.25, 0.3) is 0 Å². The molecule has 0 radical (unpaired) electrons. The number of halogens is 1. The molecule has 0 saturated heterocycles. The average molecular weight is 248 g/mol. The molecule has 0 aliphatic carbocycles. The molecule has 0 unspecified atom stereocenters. The Labute approximate surface area is 109 Å². The smallest absolute Gasteiger partial charge is 0.123 e. The Morgan fingerprint density at radius 2 is 1.89 bits per heavy atom. The van der Waals surface area contributed by atoms with Gasteiger partial charge in [-0.05, 0) is 50.9 Å². The highest BCUT2D eigenvalue weighted by Gasteiger charge is 2.15. The van der Waals surface area contributed by atoms with Gasteiger partial charge in [-0.25, -0.2) is 4.39 Å². The van der Waals surface area contributed by atoms with Crippen molar-refractivity contribution >= 4 is 0 Å². The summed E-state index contributed by atoms with van der Waals surface area (Å²) in [6.45, 7) is 5.64. The minimum Gasteiger partial charge on any atom is -0.313 e. The number of rotatable bonds is 7. The first-order valence-corrected chi connectivity index (χ1v) is 6.40. The molecule has 0 saturated carbocycles. The molecule has 98 valence electrons. The third-order valence-electron chi connectivity index (χ3n) is 2.95. The molecule has 0 fully saturated rings. The van der Waals surface area contributed by atoms with E-state index in [0.29, 0.717) is 0 Å². The van der Waals surface area contributed by atoms with Crippen LogP contribution in [0.5, 0.6) is 0 Å². The molecule has 0 amide bonds. The zero-order chi connectivity index (χ0) is 13.4. The summed E-state index contributed by atoms with van der Waals surface area (Å²) in [5, 5.41) is 12.2. The van der Waals surface area contributed by atoms with Crippen molar-refractivity contribution in [3.8, 4) is 6.07 Å². The van der Waals surface area contributed by atoms with Crippen LogP contribution in [0, 0.1) is 22.6 Å². The maximum absolute atomic E-state index is 12.7. The normalized spacial score (nSPS) is 11.2. The molecule has 1 N–H and O–H groups in total. The van der Waals surface area contributed by atoms with Crippen molar-refractivity contribution in [2.24, 2.45) is 5.41 Å². The van der Waals surface area contributed by atoms with Crippen molar-refractivity contribution in [1.29, 1.82) is 5.26 Å². The van der Waals surface area contributed by atoms with Crippen molar-refractivity contribution in [3.05, 3.63) is 35.6 Å². The summed E-state index contributed by atoms with van der Waals surface area (Å²) >= 11 is 0. The first-order chi connectivity index (χ1) is 8.53. The van der Waals surface area contributed by atoms with Gasteiger partial charge in [0.05, 0.1) is 11.5 Å². The summed E-state index contributed by atoms with van der Waals surface area (Å²) in [7, 11) is 0. The molecule has 0 heterocycles. The predicted octanol–water partition coefficient (Wildman–Crippen LogP) is 3.64. The van der Waals surface area contributed by atoms with Crippen molar-refractivity contribution in [2.75, 3.05) is 6.54 Å². The largest absolute Gasteiger partial charge is 0.313 e. The zero-order valence-electron chi connectivity index (χ0n) is 11.2. The van der Waals surface area contributed by atoms with E-state index in [1.165, 1.54) is 12.1 Å². The SMILES string of the molecule is CC(C)(C#N)CCCCNCc1ccc(F)cc1. The van der Waals surface area contributed by atoms with Crippen LogP contribution in [-0.4, -0.2) is 6.54 Å². The van der Waals surface area contributed by atoms with Crippen molar-refractivity contribution in [3.63, 3.8) is 0 Å². The van der Waals surface area contributed by atoms with Crippen LogP contribution in [0.15, 0.2) is 24.3 Å². The molecule has 18 heavy (non-hydrogen) atoms. The first kappa shape index (κ1) is 14.7. The molecule has 1 aromatic carbocycles. The van der Waals surface area contributed by atoms with E-state index in [-0.39, 0.29) is 11.2 Å². The van der Waals surface area contributed by atoms with Crippen LogP contribution in [-0.2, 0) is 6.54 Å². The van der Waals surface area contributed by atoms with Gasteiger partial charge in [0, 0.05) is 6.54 Å². The molecule has 1 rings (SSSR count). The number of hydrogen-bond donors (Lipinski definition) is 1. The number of benzene rings is 1. The molecule has 0 aliphatic rings. The van der Waals surface area contributed by atoms with Crippen LogP contribution >= 0.6 is 0 Å². The van der Waals surface area contributed by atoms with E-state index < -0.39 is 0 Å². The Bertz CT molecular complexity index is 390. The third-order valence-corrected chi connectivity index (χ3v) is 2.95. The second-order valence-corrected chi connectivity index (χ2v) is 5.26. The van der Waals surface area contributed by atoms with Gasteiger partial charge < -0.3 is 5.32 Å². The lowest BCUT2D eigenvalue weighted by molar-refractivity contribution is 0.422. The molecule has 1 aromatic rings. The van der Waals surface area contributed by atoms with E-state index in [9.17, 15) is 4.39 Å². The standard InChI is InChI=1S/C15H21FN2/c1-15(2,12-17)9-3-4-10-18-11-13-5-7-14(16)8-6-13/h5-8,18H,3-4,9-11H2,1-2H3. The van der Waals surface area contributed by atoms with Gasteiger partial charge in [0.15, 0.2) is 0 Å². The van der Waals surface area contributed by atoms with E-state index in [4.69, 9.17) is 5.26 Å². The van der Waals surface area contributed by atoms with Gasteiger partial charge in [0.1, 0.15) is 5.82 Å². The van der Waals surface area contributed by atoms with Gasteiger partial charge in [-0.3, -0.25) is 0 Å². The Kier molecular flexibility index (Phi) is 5.80. The van der Waals surface area contributed by atoms with Gasteiger partial charge in [0.2, 0.25) is 0 Å². The van der Waals surface area contributed by atoms with Crippen LogP contribution in [0.4, 0.5) is 4.39 Å². The summed E-state index contributed by atoms with van der Waals surface area (Å²) in [6, 6.07) is 8.85. The van der Waals surface area contributed by atoms with Gasteiger partial charge in [0.25, 0.3) is 0 Å². The van der Waals surface area contributed by atoms with Crippen LogP contribution in [0.3, 0.4) is 0 Å². The van der Waals surface area contributed by atoms with E-state index in [2.05, 4.69) is 11.4 Å². The highest BCUT2D eigenvalue weighted by Crippen LogP contribution is 2.21. The minimum atomic E-state index is -0.211. The third kappa shape index (κ3) is 5.79. The molecular weight excluding hydrogens is 227 g/mol. The molecular formula is C15H21FN2. The van der Waals surface area contributed by atoms with E-state index in [1.54, 1.807) is 12.1 Å². The molecule has 0 bridgehead atoms. The number of hydrogen-bond acceptors (Lipinski definition) is 2. The summed E-state index contributed by atoms with van der Waals surface area (Å²) in [5.74, 6) is -0.197. The lowest BCUT2D eigenvalue weighted by atomic mass is 9.89. The second-order valence-electron chi connectivity index (χ2n) is 5.26. The molecule has 0 spiro atoms. The second kappa shape index (κ2) is 7.13. The summed E-state index contributed by atoms with van der Waals surface area (Å²) in [6.07, 6.45) is 3.05. The van der Waals surface area contributed by atoms with Crippen molar-refractivity contribution in [1.82, 2.24) is 5.32 Å². The summed E-state index contributed by atoms with van der Waals surface area (Å²) in [4.78, 5) is 0. The zero-order valence-corrected chi connectivity index (χ0v) is 11.2. The van der Waals surface area contributed by atoms with Gasteiger partial charge >= 0.3 is 0 Å². The molecule has 3 heteroatoms. The van der Waals surface area contributed by atoms with Crippen molar-refractivity contribution < 1.29 is 4.39 Å². The quantitative estimate of drug-likeness (QED) is 0.748. The number of unbranched alkanes of at least 4 members (excludes halogenated alkanes) is 1. The van der Waals surface area contributed by atoms with E-state index >= 15 is 0 Å². The fourth-order valence-electron chi connectivity index (χ4n) is 1.71. The average Bonchev–Trinajstić information content (AvgIpc) is 2.36. The number of nitriles is 1. The van der Waals surface area contributed by atoms with E-state index in [0.717, 1.165) is 37.9 Å². The minimum absolute atomic E-state index is 0.197. The maximum atomic E-state index is 12.7. The Morgan fingerprint density at radius 3 is 2.50 bits per heavy atom. The van der Waals surface area contributed by atoms with E-state index in [1.807, 2.05) is 13.8 Å². The van der Waals surface area contributed by atoms with Crippen molar-refractivity contribution in [2.45, 2.75) is 39.7 Å². The molecule has 0 atom stereocenters. The van der Waals surface area contributed by atoms with Crippen LogP contribution in [0.1, 0.15) is 38.7 Å². The number of nitrogens with one attached hydrogen (secondary N) is 1. The molecule has 0 aromatic heterocycles. The maximum Gasteiger partial charge on any atom is 0.123 e. The Balaban J connectivity index is 2.09. The summed E-state index contributed by atoms with van der Waals surface area (Å²) < 4.78 is 12.7. The molecule has 0 aliphatic heterocycles. The van der Waals surface area contributed by atoms with Gasteiger partial charge in [-0.2, -0.15) is 5.26 Å². The Morgan fingerprint density at radius 1 is 1.22 bits per heavy atom. The van der Waals surface area contributed by atoms with Gasteiger partial charge in [-0.1, -0.05) is 18.6 Å². The van der Waals surface area contributed by atoms with Crippen LogP contribution in [0.2, 0.25) is 0 Å². The topological polar surface area (TPSA) is 35.8 Å². The number of nitrogens with zero attached hydrogens (tertiary/aromatic N) is 1. The lowest BCUT2D eigenvalue weighted by Crippen LogP contribution is -2.15. The predicted molar refractivity (Wildman–Crippen MR) is 71.4 cm³/mol. The van der Waals surface area contributed by atoms with Crippen LogP contribution < -0.4 is 5.32 Å². The summed E-state index contributed by atoms with van der Waals surface area (Å²) in [5.41, 5.74) is 0.880. The van der Waals surface area contributed by atoms with Gasteiger partial charge in [-0.15, -0.1) is 0 Å².